The van der Waals surface area contributed by atoms with Crippen molar-refractivity contribution >= 4 is 0 Å². The van der Waals surface area contributed by atoms with Gasteiger partial charge in [-0.2, -0.15) is 5.26 Å². The number of nitriles is 1. The highest BCUT2D eigenvalue weighted by Crippen LogP contribution is 2.19. The van der Waals surface area contributed by atoms with E-state index >= 15 is 0 Å². The Labute approximate surface area is 122 Å². The fourth-order valence-corrected chi connectivity index (χ4v) is 3.06. The lowest BCUT2D eigenvalue weighted by Gasteiger charge is -2.36. The molecule has 1 aliphatic rings. The summed E-state index contributed by atoms with van der Waals surface area (Å²) in [5.41, 5.74) is 1.95. The average molecular weight is 271 g/mol. The Hall–Kier alpha value is -1.37. The lowest BCUT2D eigenvalue weighted by atomic mass is 10.0. The number of nitrogens with zero attached hydrogens (tertiary/aromatic N) is 3. The van der Waals surface area contributed by atoms with Gasteiger partial charge in [-0.1, -0.05) is 25.1 Å². The molecule has 0 bridgehead atoms. The molecule has 0 N–H and O–H groups in total. The summed E-state index contributed by atoms with van der Waals surface area (Å²) in [6, 6.07) is 10.9. The Balaban J connectivity index is 1.90. The Bertz CT molecular complexity index is 456. The van der Waals surface area contributed by atoms with E-state index in [0.717, 1.165) is 17.7 Å². The first kappa shape index (κ1) is 15.0. The second-order valence-corrected chi connectivity index (χ2v) is 5.76. The van der Waals surface area contributed by atoms with Crippen LogP contribution in [-0.4, -0.2) is 42.5 Å². The summed E-state index contributed by atoms with van der Waals surface area (Å²) < 4.78 is 0. The van der Waals surface area contributed by atoms with Crippen LogP contribution in [0.3, 0.4) is 0 Å². The van der Waals surface area contributed by atoms with Crippen LogP contribution in [0, 0.1) is 11.3 Å². The third kappa shape index (κ3) is 3.82. The third-order valence-electron chi connectivity index (χ3n) is 4.28. The molecule has 1 saturated heterocycles. The fraction of sp³-hybridized carbons (Fsp3) is 0.588. The highest BCUT2D eigenvalue weighted by atomic mass is 15.2. The van der Waals surface area contributed by atoms with Gasteiger partial charge in [-0.3, -0.25) is 4.90 Å². The van der Waals surface area contributed by atoms with E-state index in [-0.39, 0.29) is 0 Å². The quantitative estimate of drug-likeness (QED) is 0.825. The van der Waals surface area contributed by atoms with Gasteiger partial charge in [0, 0.05) is 12.6 Å². The monoisotopic (exact) mass is 271 g/mol. The van der Waals surface area contributed by atoms with Crippen molar-refractivity contribution in [3.8, 4) is 6.07 Å². The van der Waals surface area contributed by atoms with Crippen molar-refractivity contribution in [3.63, 3.8) is 0 Å². The minimum Gasteiger partial charge on any atom is -0.303 e. The molecule has 0 spiro atoms. The zero-order valence-electron chi connectivity index (χ0n) is 12.7. The normalized spacial score (nSPS) is 17.3. The molecule has 0 aromatic heterocycles. The lowest BCUT2D eigenvalue weighted by molar-refractivity contribution is 0.123. The third-order valence-corrected chi connectivity index (χ3v) is 4.28. The molecule has 1 fully saturated rings. The van der Waals surface area contributed by atoms with E-state index in [4.69, 9.17) is 5.26 Å². The topological polar surface area (TPSA) is 30.3 Å². The van der Waals surface area contributed by atoms with E-state index in [0.29, 0.717) is 6.04 Å². The van der Waals surface area contributed by atoms with E-state index in [9.17, 15) is 0 Å². The SMILES string of the molecule is CCCN1CCC(N(C)Cc2ccccc2C#N)CC1. The standard InChI is InChI=1S/C17H25N3/c1-3-10-20-11-8-17(9-12-20)19(2)14-16-7-5-4-6-15(16)13-18/h4-7,17H,3,8-12,14H2,1-2H3. The van der Waals surface area contributed by atoms with Crippen molar-refractivity contribution in [3.05, 3.63) is 35.4 Å². The minimum absolute atomic E-state index is 0.648. The van der Waals surface area contributed by atoms with Crippen LogP contribution in [0.25, 0.3) is 0 Å². The van der Waals surface area contributed by atoms with Crippen molar-refractivity contribution in [2.45, 2.75) is 38.8 Å². The molecule has 3 heteroatoms. The zero-order valence-corrected chi connectivity index (χ0v) is 12.7. The number of likely N-dealkylation sites (tertiary alicyclic amines) is 1. The minimum atomic E-state index is 0.648. The number of rotatable bonds is 5. The summed E-state index contributed by atoms with van der Waals surface area (Å²) in [6.45, 7) is 6.78. The summed E-state index contributed by atoms with van der Waals surface area (Å²) in [5.74, 6) is 0. The molecule has 0 amide bonds. The lowest BCUT2D eigenvalue weighted by Crippen LogP contribution is -2.43. The smallest absolute Gasteiger partial charge is 0.0995 e. The van der Waals surface area contributed by atoms with Crippen LogP contribution in [0.5, 0.6) is 0 Å². The van der Waals surface area contributed by atoms with Gasteiger partial charge < -0.3 is 4.90 Å². The first-order valence-corrected chi connectivity index (χ1v) is 7.65. The molecule has 3 nitrogen and oxygen atoms in total. The largest absolute Gasteiger partial charge is 0.303 e. The van der Waals surface area contributed by atoms with Gasteiger partial charge >= 0.3 is 0 Å². The first-order valence-electron chi connectivity index (χ1n) is 7.65. The van der Waals surface area contributed by atoms with Crippen LogP contribution in [0.4, 0.5) is 0 Å². The number of hydrogen-bond donors (Lipinski definition) is 0. The first-order chi connectivity index (χ1) is 9.74. The maximum Gasteiger partial charge on any atom is 0.0995 e. The van der Waals surface area contributed by atoms with Crippen LogP contribution >= 0.6 is 0 Å². The molecular weight excluding hydrogens is 246 g/mol. The van der Waals surface area contributed by atoms with Crippen LogP contribution in [0.1, 0.15) is 37.3 Å². The highest BCUT2D eigenvalue weighted by Gasteiger charge is 2.22. The van der Waals surface area contributed by atoms with E-state index in [1.807, 2.05) is 18.2 Å². The molecule has 1 aromatic carbocycles. The van der Waals surface area contributed by atoms with E-state index < -0.39 is 0 Å². The van der Waals surface area contributed by atoms with Crippen LogP contribution in [0.15, 0.2) is 24.3 Å². The second-order valence-electron chi connectivity index (χ2n) is 5.76. The summed E-state index contributed by atoms with van der Waals surface area (Å²) in [4.78, 5) is 4.98. The second kappa shape index (κ2) is 7.42. The van der Waals surface area contributed by atoms with Crippen LogP contribution in [-0.2, 0) is 6.54 Å². The fourth-order valence-electron chi connectivity index (χ4n) is 3.06. The van der Waals surface area contributed by atoms with Gasteiger partial charge in [0.05, 0.1) is 11.6 Å². The van der Waals surface area contributed by atoms with Crippen LogP contribution < -0.4 is 0 Å². The Morgan fingerprint density at radius 2 is 2.00 bits per heavy atom. The van der Waals surface area contributed by atoms with Gasteiger partial charge in [-0.05, 0) is 57.6 Å². The van der Waals surface area contributed by atoms with Crippen molar-refractivity contribution in [2.75, 3.05) is 26.7 Å². The van der Waals surface area contributed by atoms with Gasteiger partial charge in [0.1, 0.15) is 0 Å². The summed E-state index contributed by atoms with van der Waals surface area (Å²) in [6.07, 6.45) is 3.73. The zero-order chi connectivity index (χ0) is 14.4. The van der Waals surface area contributed by atoms with E-state index in [1.54, 1.807) is 0 Å². The van der Waals surface area contributed by atoms with Crippen LogP contribution in [0.2, 0.25) is 0 Å². The van der Waals surface area contributed by atoms with E-state index in [1.165, 1.54) is 38.9 Å². The van der Waals surface area contributed by atoms with Gasteiger partial charge in [0.2, 0.25) is 0 Å². The highest BCUT2D eigenvalue weighted by molar-refractivity contribution is 5.37. The molecule has 0 aliphatic carbocycles. The maximum atomic E-state index is 9.16. The van der Waals surface area contributed by atoms with E-state index in [2.05, 4.69) is 35.9 Å². The molecule has 2 rings (SSSR count). The number of piperidine rings is 1. The van der Waals surface area contributed by atoms with Gasteiger partial charge in [0.15, 0.2) is 0 Å². The Morgan fingerprint density at radius 3 is 2.65 bits per heavy atom. The molecule has 1 aliphatic heterocycles. The van der Waals surface area contributed by atoms with Crippen molar-refractivity contribution in [1.29, 1.82) is 5.26 Å². The molecule has 1 aromatic rings. The van der Waals surface area contributed by atoms with Gasteiger partial charge in [-0.25, -0.2) is 0 Å². The average Bonchev–Trinajstić information content (AvgIpc) is 2.49. The van der Waals surface area contributed by atoms with Crippen molar-refractivity contribution < 1.29 is 0 Å². The van der Waals surface area contributed by atoms with Gasteiger partial charge in [0.25, 0.3) is 0 Å². The molecular formula is C17H25N3. The molecule has 108 valence electrons. The predicted octanol–water partition coefficient (Wildman–Crippen LogP) is 2.86. The number of benzene rings is 1. The predicted molar refractivity (Wildman–Crippen MR) is 82.4 cm³/mol. The molecule has 0 unspecified atom stereocenters. The number of hydrogen-bond acceptors (Lipinski definition) is 3. The summed E-state index contributed by atoms with van der Waals surface area (Å²) >= 11 is 0. The van der Waals surface area contributed by atoms with Crippen molar-refractivity contribution in [2.24, 2.45) is 0 Å². The maximum absolute atomic E-state index is 9.16. The Morgan fingerprint density at radius 1 is 1.30 bits per heavy atom. The molecule has 20 heavy (non-hydrogen) atoms. The molecule has 1 heterocycles. The van der Waals surface area contributed by atoms with Crippen molar-refractivity contribution in [1.82, 2.24) is 9.80 Å². The summed E-state index contributed by atoms with van der Waals surface area (Å²) in [5, 5.41) is 9.16. The molecule has 0 atom stereocenters. The Kier molecular flexibility index (Phi) is 5.58. The summed E-state index contributed by atoms with van der Waals surface area (Å²) in [7, 11) is 2.19. The van der Waals surface area contributed by atoms with Gasteiger partial charge in [-0.15, -0.1) is 0 Å². The molecule has 0 saturated carbocycles. The molecule has 0 radical (unpaired) electrons.